The highest BCUT2D eigenvalue weighted by Gasteiger charge is 2.18. The summed E-state index contributed by atoms with van der Waals surface area (Å²) in [6, 6.07) is 8.88. The maximum atomic E-state index is 4.15. The molecule has 0 fully saturated rings. The van der Waals surface area contributed by atoms with Gasteiger partial charge < -0.3 is 0 Å². The van der Waals surface area contributed by atoms with Crippen molar-refractivity contribution in [3.8, 4) is 0 Å². The number of nitrogens with zero attached hydrogens (tertiary/aromatic N) is 1. The van der Waals surface area contributed by atoms with Gasteiger partial charge in [0.05, 0.1) is 5.51 Å². The highest BCUT2D eigenvalue weighted by Crippen LogP contribution is 2.28. The summed E-state index contributed by atoms with van der Waals surface area (Å²) in [6.07, 6.45) is 7.05. The average Bonchev–Trinajstić information content (AvgIpc) is 2.82. The van der Waals surface area contributed by atoms with Crippen LogP contribution < -0.4 is 0 Å². The van der Waals surface area contributed by atoms with Gasteiger partial charge in [0.25, 0.3) is 0 Å². The zero-order chi connectivity index (χ0) is 10.8. The highest BCUT2D eigenvalue weighted by atomic mass is 32.1. The van der Waals surface area contributed by atoms with Crippen LogP contribution in [0.2, 0.25) is 0 Å². The molecule has 0 spiro atoms. The summed E-state index contributed by atoms with van der Waals surface area (Å²) in [6.45, 7) is 0. The standard InChI is InChI=1S/C14H15NS/c1-2-4-13-7-11(5-6-12(13)3-1)8-14-9-15-10-16-14/h1-4,9-11H,5-8H2. The third-order valence-corrected chi connectivity index (χ3v) is 4.22. The molecule has 1 nitrogen and oxygen atoms in total. The molecule has 1 aromatic heterocycles. The van der Waals surface area contributed by atoms with Gasteiger partial charge in [0.1, 0.15) is 0 Å². The second kappa shape index (κ2) is 4.38. The van der Waals surface area contributed by atoms with Crippen molar-refractivity contribution in [3.05, 3.63) is 52.0 Å². The Morgan fingerprint density at radius 3 is 2.94 bits per heavy atom. The van der Waals surface area contributed by atoms with Gasteiger partial charge in [0, 0.05) is 11.1 Å². The number of hydrogen-bond donors (Lipinski definition) is 0. The molecule has 16 heavy (non-hydrogen) atoms. The van der Waals surface area contributed by atoms with Gasteiger partial charge >= 0.3 is 0 Å². The van der Waals surface area contributed by atoms with Crippen LogP contribution in [0.1, 0.15) is 22.4 Å². The number of rotatable bonds is 2. The Labute approximate surface area is 100 Å². The molecule has 0 saturated carbocycles. The largest absolute Gasteiger partial charge is 0.253 e. The fourth-order valence-corrected chi connectivity index (χ4v) is 3.29. The van der Waals surface area contributed by atoms with E-state index in [-0.39, 0.29) is 0 Å². The quantitative estimate of drug-likeness (QED) is 0.768. The van der Waals surface area contributed by atoms with Crippen molar-refractivity contribution in [1.82, 2.24) is 4.98 Å². The summed E-state index contributed by atoms with van der Waals surface area (Å²) in [5.41, 5.74) is 5.05. The average molecular weight is 229 g/mol. The van der Waals surface area contributed by atoms with E-state index in [0.29, 0.717) is 0 Å². The predicted octanol–water partition coefficient (Wildman–Crippen LogP) is 3.49. The Morgan fingerprint density at radius 2 is 2.12 bits per heavy atom. The van der Waals surface area contributed by atoms with E-state index in [1.807, 2.05) is 11.7 Å². The van der Waals surface area contributed by atoms with Gasteiger partial charge in [0.15, 0.2) is 0 Å². The van der Waals surface area contributed by atoms with Crippen molar-refractivity contribution in [2.45, 2.75) is 25.7 Å². The van der Waals surface area contributed by atoms with Crippen LogP contribution in [0.4, 0.5) is 0 Å². The van der Waals surface area contributed by atoms with Gasteiger partial charge in [-0.3, -0.25) is 4.98 Å². The maximum Gasteiger partial charge on any atom is 0.0794 e. The lowest BCUT2D eigenvalue weighted by molar-refractivity contribution is 0.459. The molecule has 1 aliphatic rings. The molecule has 1 aromatic carbocycles. The lowest BCUT2D eigenvalue weighted by Gasteiger charge is -2.23. The molecule has 1 atom stereocenters. The molecule has 1 aliphatic carbocycles. The Bertz CT molecular complexity index is 461. The molecule has 0 N–H and O–H groups in total. The molecule has 1 heterocycles. The molecule has 3 rings (SSSR count). The molecule has 2 aromatic rings. The minimum absolute atomic E-state index is 0.815. The highest BCUT2D eigenvalue weighted by molar-refractivity contribution is 7.09. The summed E-state index contributed by atoms with van der Waals surface area (Å²) in [5, 5.41) is 0. The Balaban J connectivity index is 1.73. The van der Waals surface area contributed by atoms with Crippen molar-refractivity contribution in [2.24, 2.45) is 5.92 Å². The number of aryl methyl sites for hydroxylation is 1. The van der Waals surface area contributed by atoms with Crippen molar-refractivity contribution in [3.63, 3.8) is 0 Å². The molecule has 0 bridgehead atoms. The predicted molar refractivity (Wildman–Crippen MR) is 67.8 cm³/mol. The van der Waals surface area contributed by atoms with Crippen molar-refractivity contribution >= 4 is 11.3 Å². The summed E-state index contributed by atoms with van der Waals surface area (Å²) in [7, 11) is 0. The van der Waals surface area contributed by atoms with Crippen LogP contribution in [0.25, 0.3) is 0 Å². The van der Waals surface area contributed by atoms with E-state index < -0.39 is 0 Å². The van der Waals surface area contributed by atoms with Crippen LogP contribution in [0.5, 0.6) is 0 Å². The number of aromatic nitrogens is 1. The van der Waals surface area contributed by atoms with E-state index in [1.54, 1.807) is 22.5 Å². The molecule has 0 saturated heterocycles. The van der Waals surface area contributed by atoms with Gasteiger partial charge in [-0.05, 0) is 42.7 Å². The maximum absolute atomic E-state index is 4.15. The number of hydrogen-bond acceptors (Lipinski definition) is 2. The van der Waals surface area contributed by atoms with Gasteiger partial charge in [-0.2, -0.15) is 0 Å². The molecule has 82 valence electrons. The minimum atomic E-state index is 0.815. The number of thiazole rings is 1. The van der Waals surface area contributed by atoms with Crippen LogP contribution in [-0.4, -0.2) is 4.98 Å². The van der Waals surface area contributed by atoms with E-state index in [0.717, 1.165) is 5.92 Å². The first kappa shape index (κ1) is 10.0. The Kier molecular flexibility index (Phi) is 2.75. The van der Waals surface area contributed by atoms with Crippen LogP contribution >= 0.6 is 11.3 Å². The van der Waals surface area contributed by atoms with E-state index in [2.05, 4.69) is 29.2 Å². The van der Waals surface area contributed by atoms with Gasteiger partial charge in [-0.15, -0.1) is 11.3 Å². The lowest BCUT2D eigenvalue weighted by atomic mass is 9.82. The van der Waals surface area contributed by atoms with Crippen LogP contribution in [0, 0.1) is 5.92 Å². The number of benzene rings is 1. The zero-order valence-corrected chi connectivity index (χ0v) is 10.0. The van der Waals surface area contributed by atoms with Gasteiger partial charge in [-0.25, -0.2) is 0 Å². The van der Waals surface area contributed by atoms with Gasteiger partial charge in [-0.1, -0.05) is 24.3 Å². The van der Waals surface area contributed by atoms with Crippen molar-refractivity contribution in [2.75, 3.05) is 0 Å². The zero-order valence-electron chi connectivity index (χ0n) is 9.23. The molecular formula is C14H15NS. The fraction of sp³-hybridized carbons (Fsp3) is 0.357. The monoisotopic (exact) mass is 229 g/mol. The Hall–Kier alpha value is -1.15. The fourth-order valence-electron chi connectivity index (χ4n) is 2.57. The van der Waals surface area contributed by atoms with Crippen LogP contribution in [0.3, 0.4) is 0 Å². The Morgan fingerprint density at radius 1 is 1.25 bits per heavy atom. The summed E-state index contributed by atoms with van der Waals surface area (Å²) < 4.78 is 0. The van der Waals surface area contributed by atoms with E-state index in [9.17, 15) is 0 Å². The lowest BCUT2D eigenvalue weighted by Crippen LogP contribution is -2.15. The van der Waals surface area contributed by atoms with Crippen LogP contribution in [0.15, 0.2) is 36.0 Å². The normalized spacial score (nSPS) is 19.4. The second-order valence-corrected chi connectivity index (χ2v) is 5.52. The topological polar surface area (TPSA) is 12.9 Å². The van der Waals surface area contributed by atoms with E-state index in [4.69, 9.17) is 0 Å². The minimum Gasteiger partial charge on any atom is -0.253 e. The second-order valence-electron chi connectivity index (χ2n) is 4.55. The SMILES string of the molecule is c1ccc2c(c1)CCC(Cc1cncs1)C2. The molecule has 0 radical (unpaired) electrons. The molecule has 1 unspecified atom stereocenters. The third kappa shape index (κ3) is 2.03. The van der Waals surface area contributed by atoms with E-state index in [1.165, 1.54) is 30.6 Å². The molecule has 0 amide bonds. The van der Waals surface area contributed by atoms with Crippen molar-refractivity contribution < 1.29 is 0 Å². The molecule has 2 heteroatoms. The number of fused-ring (bicyclic) bond motifs is 1. The third-order valence-electron chi connectivity index (χ3n) is 3.42. The summed E-state index contributed by atoms with van der Waals surface area (Å²) in [4.78, 5) is 5.59. The molecule has 0 aliphatic heterocycles. The molecular weight excluding hydrogens is 214 g/mol. The summed E-state index contributed by atoms with van der Waals surface area (Å²) >= 11 is 1.79. The first-order chi connectivity index (χ1) is 7.92. The van der Waals surface area contributed by atoms with Crippen molar-refractivity contribution in [1.29, 1.82) is 0 Å². The smallest absolute Gasteiger partial charge is 0.0794 e. The van der Waals surface area contributed by atoms with Crippen LogP contribution in [-0.2, 0) is 19.3 Å². The first-order valence-corrected chi connectivity index (χ1v) is 6.74. The summed E-state index contributed by atoms with van der Waals surface area (Å²) in [5.74, 6) is 0.815. The van der Waals surface area contributed by atoms with E-state index >= 15 is 0 Å². The first-order valence-electron chi connectivity index (χ1n) is 5.86. The van der Waals surface area contributed by atoms with Gasteiger partial charge in [0.2, 0.25) is 0 Å².